The first-order valence-electron chi connectivity index (χ1n) is 12.0. The number of benzene rings is 2. The number of nitrogens with one attached hydrogen (secondary N) is 1. The summed E-state index contributed by atoms with van der Waals surface area (Å²) in [6.45, 7) is 2.47. The Kier molecular flexibility index (Phi) is 6.40. The fourth-order valence-corrected chi connectivity index (χ4v) is 5.06. The molecule has 4 aromatic rings. The molecule has 1 fully saturated rings. The molecule has 3 N–H and O–H groups in total. The van der Waals surface area contributed by atoms with Gasteiger partial charge in [0.25, 0.3) is 0 Å². The highest BCUT2D eigenvalue weighted by molar-refractivity contribution is 5.86. The van der Waals surface area contributed by atoms with Crippen LogP contribution in [0.25, 0.3) is 22.0 Å². The lowest BCUT2D eigenvalue weighted by molar-refractivity contribution is 0.286. The summed E-state index contributed by atoms with van der Waals surface area (Å²) in [4.78, 5) is 4.40. The van der Waals surface area contributed by atoms with Crippen LogP contribution in [0.15, 0.2) is 60.9 Å². The van der Waals surface area contributed by atoms with E-state index >= 15 is 0 Å². The normalized spacial score (nSPS) is 15.6. The summed E-state index contributed by atoms with van der Waals surface area (Å²) in [5.41, 5.74) is 13.5. The van der Waals surface area contributed by atoms with Crippen molar-refractivity contribution in [3.8, 4) is 16.9 Å². The van der Waals surface area contributed by atoms with Crippen LogP contribution in [0.3, 0.4) is 0 Å². The first-order chi connectivity index (χ1) is 16.2. The zero-order valence-electron chi connectivity index (χ0n) is 19.3. The van der Waals surface area contributed by atoms with Gasteiger partial charge >= 0.3 is 0 Å². The van der Waals surface area contributed by atoms with Crippen LogP contribution in [0.5, 0.6) is 5.75 Å². The van der Waals surface area contributed by atoms with Gasteiger partial charge in [-0.1, -0.05) is 49.6 Å². The molecule has 1 saturated carbocycles. The van der Waals surface area contributed by atoms with Crippen molar-refractivity contribution in [2.45, 2.75) is 57.4 Å². The molecule has 1 atom stereocenters. The Bertz CT molecular complexity index is 1230. The second-order valence-electron chi connectivity index (χ2n) is 9.29. The number of aryl methyl sites for hydroxylation is 1. The Balaban J connectivity index is 1.25. The highest BCUT2D eigenvalue weighted by atomic mass is 16.5. The third-order valence-corrected chi connectivity index (χ3v) is 6.85. The summed E-state index contributed by atoms with van der Waals surface area (Å²) >= 11 is 0. The molecule has 5 heteroatoms. The van der Waals surface area contributed by atoms with Gasteiger partial charge in [-0.15, -0.1) is 0 Å². The van der Waals surface area contributed by atoms with E-state index in [1.165, 1.54) is 43.2 Å². The lowest BCUT2D eigenvalue weighted by Gasteiger charge is -2.25. The summed E-state index contributed by atoms with van der Waals surface area (Å²) in [5.74, 6) is 1.42. The number of aromatic amines is 1. The van der Waals surface area contributed by atoms with Crippen LogP contribution >= 0.6 is 0 Å². The molecule has 0 radical (unpaired) electrons. The van der Waals surface area contributed by atoms with Gasteiger partial charge in [0.1, 0.15) is 12.4 Å². The quantitative estimate of drug-likeness (QED) is 0.373. The van der Waals surface area contributed by atoms with E-state index in [-0.39, 0.29) is 6.04 Å². The molecule has 0 unspecified atom stereocenters. The predicted molar refractivity (Wildman–Crippen MR) is 134 cm³/mol. The van der Waals surface area contributed by atoms with E-state index < -0.39 is 0 Å². The molecule has 0 amide bonds. The summed E-state index contributed by atoms with van der Waals surface area (Å²) in [6, 6.07) is 17.1. The first-order valence-corrected chi connectivity index (χ1v) is 12.0. The minimum absolute atomic E-state index is 0.0664. The highest BCUT2D eigenvalue weighted by Gasteiger charge is 2.19. The molecule has 2 aromatic carbocycles. The van der Waals surface area contributed by atoms with E-state index in [9.17, 15) is 0 Å². The average Bonchev–Trinajstić information content (AvgIpc) is 3.24. The number of rotatable bonds is 7. The minimum atomic E-state index is -0.0664. The summed E-state index contributed by atoms with van der Waals surface area (Å²) in [7, 11) is 0. The molecule has 170 valence electrons. The van der Waals surface area contributed by atoms with Gasteiger partial charge in [0.15, 0.2) is 0 Å². The van der Waals surface area contributed by atoms with Crippen molar-refractivity contribution in [1.29, 1.82) is 0 Å². The maximum absolute atomic E-state index is 6.51. The molecule has 0 aliphatic heterocycles. The van der Waals surface area contributed by atoms with Gasteiger partial charge in [0.2, 0.25) is 0 Å². The Morgan fingerprint density at radius 1 is 1.03 bits per heavy atom. The van der Waals surface area contributed by atoms with Crippen LogP contribution < -0.4 is 10.5 Å². The van der Waals surface area contributed by atoms with E-state index in [4.69, 9.17) is 10.5 Å². The number of pyridine rings is 1. The topological polar surface area (TPSA) is 76.8 Å². The number of ether oxygens (including phenoxy) is 1. The van der Waals surface area contributed by atoms with E-state index in [2.05, 4.69) is 57.6 Å². The highest BCUT2D eigenvalue weighted by Crippen LogP contribution is 2.34. The SMILES string of the molecule is Cc1n[nH]c2ccc(-c3cncc(OC[C@@H](N)Cc4ccccc4C4CCCCC4)c3)cc12. The zero-order valence-corrected chi connectivity index (χ0v) is 19.3. The van der Waals surface area contributed by atoms with Crippen molar-refractivity contribution in [2.24, 2.45) is 5.73 Å². The second-order valence-corrected chi connectivity index (χ2v) is 9.29. The number of fused-ring (bicyclic) bond motifs is 1. The van der Waals surface area contributed by atoms with Crippen molar-refractivity contribution < 1.29 is 4.74 Å². The Morgan fingerprint density at radius 2 is 1.88 bits per heavy atom. The number of hydrogen-bond donors (Lipinski definition) is 2. The number of nitrogens with two attached hydrogens (primary N) is 1. The molecule has 2 aromatic heterocycles. The molecule has 2 heterocycles. The standard InChI is InChI=1S/C28H32N4O/c1-19-27-15-21(11-12-28(27)32-31-19)23-14-25(17-30-16-23)33-18-24(29)13-22-9-5-6-10-26(22)20-7-3-2-4-8-20/h5-6,9-12,14-17,20,24H,2-4,7-8,13,18,29H2,1H3,(H,31,32)/t24-/m0/s1. The molecule has 0 spiro atoms. The Hall–Kier alpha value is -3.18. The molecule has 1 aliphatic rings. The third kappa shape index (κ3) is 4.93. The lowest BCUT2D eigenvalue weighted by atomic mass is 9.81. The van der Waals surface area contributed by atoms with E-state index in [1.807, 2.05) is 19.2 Å². The molecular formula is C28H32N4O. The fraction of sp³-hybridized carbons (Fsp3) is 0.357. The van der Waals surface area contributed by atoms with Gasteiger partial charge < -0.3 is 10.5 Å². The predicted octanol–water partition coefficient (Wildman–Crippen LogP) is 5.93. The monoisotopic (exact) mass is 440 g/mol. The lowest BCUT2D eigenvalue weighted by Crippen LogP contribution is -2.30. The first kappa shape index (κ1) is 21.7. The van der Waals surface area contributed by atoms with Gasteiger partial charge in [0, 0.05) is 23.2 Å². The summed E-state index contributed by atoms with van der Waals surface area (Å²) in [5, 5.41) is 8.46. The molecule has 0 saturated heterocycles. The van der Waals surface area contributed by atoms with Crippen LogP contribution in [0, 0.1) is 6.92 Å². The Morgan fingerprint density at radius 3 is 2.76 bits per heavy atom. The van der Waals surface area contributed by atoms with Crippen molar-refractivity contribution in [2.75, 3.05) is 6.61 Å². The average molecular weight is 441 g/mol. The second kappa shape index (κ2) is 9.75. The Labute approximate surface area is 195 Å². The van der Waals surface area contributed by atoms with Gasteiger partial charge in [-0.25, -0.2) is 0 Å². The van der Waals surface area contributed by atoms with E-state index in [0.29, 0.717) is 12.5 Å². The van der Waals surface area contributed by atoms with Crippen molar-refractivity contribution in [3.63, 3.8) is 0 Å². The number of nitrogens with zero attached hydrogens (tertiary/aromatic N) is 2. The molecule has 33 heavy (non-hydrogen) atoms. The number of hydrogen-bond acceptors (Lipinski definition) is 4. The van der Waals surface area contributed by atoms with Gasteiger partial charge in [-0.05, 0) is 67.0 Å². The summed E-state index contributed by atoms with van der Waals surface area (Å²) < 4.78 is 6.08. The maximum atomic E-state index is 6.51. The maximum Gasteiger partial charge on any atom is 0.138 e. The zero-order chi connectivity index (χ0) is 22.6. The third-order valence-electron chi connectivity index (χ3n) is 6.85. The molecule has 1 aliphatic carbocycles. The molecule has 0 bridgehead atoms. The number of aromatic nitrogens is 3. The van der Waals surface area contributed by atoms with Crippen molar-refractivity contribution >= 4 is 10.9 Å². The smallest absolute Gasteiger partial charge is 0.138 e. The molecule has 5 nitrogen and oxygen atoms in total. The van der Waals surface area contributed by atoms with E-state index in [1.54, 1.807) is 6.20 Å². The van der Waals surface area contributed by atoms with Crippen molar-refractivity contribution in [3.05, 3.63) is 77.7 Å². The van der Waals surface area contributed by atoms with Gasteiger partial charge in [0.05, 0.1) is 17.4 Å². The molecule has 5 rings (SSSR count). The van der Waals surface area contributed by atoms with Crippen LogP contribution in [0.2, 0.25) is 0 Å². The van der Waals surface area contributed by atoms with E-state index in [0.717, 1.165) is 39.9 Å². The minimum Gasteiger partial charge on any atom is -0.490 e. The molecular weight excluding hydrogens is 408 g/mol. The fourth-order valence-electron chi connectivity index (χ4n) is 5.06. The van der Waals surface area contributed by atoms with Crippen LogP contribution in [0.4, 0.5) is 0 Å². The van der Waals surface area contributed by atoms with Crippen molar-refractivity contribution in [1.82, 2.24) is 15.2 Å². The number of H-pyrrole nitrogens is 1. The van der Waals surface area contributed by atoms with Crippen LogP contribution in [-0.2, 0) is 6.42 Å². The van der Waals surface area contributed by atoms with Gasteiger partial charge in [-0.2, -0.15) is 5.10 Å². The van der Waals surface area contributed by atoms with Crippen LogP contribution in [0.1, 0.15) is 54.8 Å². The largest absolute Gasteiger partial charge is 0.490 e. The van der Waals surface area contributed by atoms with Gasteiger partial charge in [-0.3, -0.25) is 10.1 Å². The van der Waals surface area contributed by atoms with Crippen LogP contribution in [-0.4, -0.2) is 27.8 Å². The summed E-state index contributed by atoms with van der Waals surface area (Å²) in [6.07, 6.45) is 11.1.